The van der Waals surface area contributed by atoms with Gasteiger partial charge in [-0.1, -0.05) is 23.4 Å². The molecule has 0 aliphatic rings. The Hall–Kier alpha value is -2.66. The average molecular weight is 308 g/mol. The summed E-state index contributed by atoms with van der Waals surface area (Å²) < 4.78 is 7.32. The maximum Gasteiger partial charge on any atom is 0.128 e. The van der Waals surface area contributed by atoms with Crippen LogP contribution in [0.1, 0.15) is 16.8 Å². The smallest absolute Gasteiger partial charge is 0.128 e. The number of hydrogen-bond acceptors (Lipinski definition) is 4. The minimum Gasteiger partial charge on any atom is -0.496 e. The van der Waals surface area contributed by atoms with E-state index in [0.717, 1.165) is 28.4 Å². The third-order valence-electron chi connectivity index (χ3n) is 4.03. The molecule has 0 atom stereocenters. The molecule has 0 spiro atoms. The summed E-state index contributed by atoms with van der Waals surface area (Å²) in [6.45, 7) is 4.49. The molecular formula is C18H20N4O. The van der Waals surface area contributed by atoms with Crippen molar-refractivity contribution in [1.29, 1.82) is 0 Å². The van der Waals surface area contributed by atoms with Crippen LogP contribution in [0.3, 0.4) is 0 Å². The molecule has 0 radical (unpaired) electrons. The first-order valence-corrected chi connectivity index (χ1v) is 7.51. The lowest BCUT2D eigenvalue weighted by molar-refractivity contribution is 0.416. The SMILES string of the molecule is COc1ccccc1-c1c(CN)nnn1-c1ccc(C)c(C)c1. The predicted octanol–water partition coefficient (Wildman–Crippen LogP) is 3.02. The molecule has 3 aromatic rings. The third kappa shape index (κ3) is 2.71. The van der Waals surface area contributed by atoms with Crippen molar-refractivity contribution >= 4 is 0 Å². The first-order chi connectivity index (χ1) is 11.2. The Morgan fingerprint density at radius 1 is 1.09 bits per heavy atom. The van der Waals surface area contributed by atoms with E-state index in [0.29, 0.717) is 6.54 Å². The van der Waals surface area contributed by atoms with Crippen molar-refractivity contribution < 1.29 is 4.74 Å². The maximum absolute atomic E-state index is 5.87. The minimum absolute atomic E-state index is 0.318. The largest absolute Gasteiger partial charge is 0.496 e. The highest BCUT2D eigenvalue weighted by Crippen LogP contribution is 2.33. The van der Waals surface area contributed by atoms with Gasteiger partial charge in [-0.15, -0.1) is 5.10 Å². The monoisotopic (exact) mass is 308 g/mol. The maximum atomic E-state index is 5.87. The number of nitrogens with zero attached hydrogens (tertiary/aromatic N) is 3. The highest BCUT2D eigenvalue weighted by Gasteiger charge is 2.18. The first-order valence-electron chi connectivity index (χ1n) is 7.51. The van der Waals surface area contributed by atoms with Gasteiger partial charge in [-0.05, 0) is 49.2 Å². The van der Waals surface area contributed by atoms with E-state index in [-0.39, 0.29) is 0 Å². The number of aryl methyl sites for hydroxylation is 2. The van der Waals surface area contributed by atoms with Crippen LogP contribution in [0, 0.1) is 13.8 Å². The zero-order chi connectivity index (χ0) is 16.4. The molecule has 0 amide bonds. The van der Waals surface area contributed by atoms with Gasteiger partial charge in [0, 0.05) is 12.1 Å². The zero-order valence-corrected chi connectivity index (χ0v) is 13.6. The molecule has 118 valence electrons. The van der Waals surface area contributed by atoms with Gasteiger partial charge in [-0.3, -0.25) is 0 Å². The van der Waals surface area contributed by atoms with Gasteiger partial charge < -0.3 is 10.5 Å². The van der Waals surface area contributed by atoms with Crippen molar-refractivity contribution in [3.05, 3.63) is 59.3 Å². The van der Waals surface area contributed by atoms with E-state index in [4.69, 9.17) is 10.5 Å². The molecule has 1 heterocycles. The van der Waals surface area contributed by atoms with Gasteiger partial charge >= 0.3 is 0 Å². The number of nitrogens with two attached hydrogens (primary N) is 1. The predicted molar refractivity (Wildman–Crippen MR) is 90.7 cm³/mol. The molecule has 0 aliphatic heterocycles. The number of methoxy groups -OCH3 is 1. The summed E-state index contributed by atoms with van der Waals surface area (Å²) in [5.74, 6) is 0.773. The van der Waals surface area contributed by atoms with Gasteiger partial charge in [-0.2, -0.15) is 0 Å². The fraction of sp³-hybridized carbons (Fsp3) is 0.222. The molecule has 0 unspecified atom stereocenters. The fourth-order valence-electron chi connectivity index (χ4n) is 2.60. The van der Waals surface area contributed by atoms with E-state index in [2.05, 4.69) is 36.3 Å². The molecule has 0 fully saturated rings. The van der Waals surface area contributed by atoms with Crippen molar-refractivity contribution in [2.75, 3.05) is 7.11 Å². The van der Waals surface area contributed by atoms with Gasteiger partial charge in [0.1, 0.15) is 17.1 Å². The van der Waals surface area contributed by atoms with Gasteiger partial charge in [0.15, 0.2) is 0 Å². The second-order valence-electron chi connectivity index (χ2n) is 5.47. The van der Waals surface area contributed by atoms with E-state index in [1.165, 1.54) is 11.1 Å². The average Bonchev–Trinajstić information content (AvgIpc) is 3.01. The van der Waals surface area contributed by atoms with Crippen LogP contribution >= 0.6 is 0 Å². The molecule has 0 aliphatic carbocycles. The first kappa shape index (κ1) is 15.2. The van der Waals surface area contributed by atoms with Crippen LogP contribution in [0.4, 0.5) is 0 Å². The Bertz CT molecular complexity index is 839. The van der Waals surface area contributed by atoms with E-state index in [1.54, 1.807) is 7.11 Å². The summed E-state index contributed by atoms with van der Waals surface area (Å²) in [5, 5.41) is 8.56. The number of hydrogen-bond donors (Lipinski definition) is 1. The van der Waals surface area contributed by atoms with Crippen LogP contribution in [0.5, 0.6) is 5.75 Å². The molecule has 5 heteroatoms. The second kappa shape index (κ2) is 6.22. The number of rotatable bonds is 4. The van der Waals surface area contributed by atoms with Gasteiger partial charge in [0.05, 0.1) is 12.8 Å². The molecule has 23 heavy (non-hydrogen) atoms. The van der Waals surface area contributed by atoms with Crippen molar-refractivity contribution in [3.8, 4) is 22.7 Å². The zero-order valence-electron chi connectivity index (χ0n) is 13.6. The lowest BCUT2D eigenvalue weighted by Crippen LogP contribution is -2.04. The van der Waals surface area contributed by atoms with Gasteiger partial charge in [-0.25, -0.2) is 4.68 Å². The number of ether oxygens (including phenoxy) is 1. The van der Waals surface area contributed by atoms with Gasteiger partial charge in [0.25, 0.3) is 0 Å². The van der Waals surface area contributed by atoms with Crippen molar-refractivity contribution in [2.24, 2.45) is 5.73 Å². The highest BCUT2D eigenvalue weighted by molar-refractivity contribution is 5.71. The fourth-order valence-corrected chi connectivity index (χ4v) is 2.60. The summed E-state index contributed by atoms with van der Waals surface area (Å²) in [6.07, 6.45) is 0. The number of benzene rings is 2. The molecule has 1 aromatic heterocycles. The Kier molecular flexibility index (Phi) is 4.12. The summed E-state index contributed by atoms with van der Waals surface area (Å²) >= 11 is 0. The Morgan fingerprint density at radius 3 is 2.57 bits per heavy atom. The number of aromatic nitrogens is 3. The van der Waals surface area contributed by atoms with E-state index in [9.17, 15) is 0 Å². The molecule has 2 aromatic carbocycles. The van der Waals surface area contributed by atoms with Crippen LogP contribution in [0.25, 0.3) is 16.9 Å². The molecule has 2 N–H and O–H groups in total. The normalized spacial score (nSPS) is 10.8. The quantitative estimate of drug-likeness (QED) is 0.804. The number of para-hydroxylation sites is 1. The summed E-state index contributed by atoms with van der Waals surface area (Å²) in [7, 11) is 1.66. The van der Waals surface area contributed by atoms with E-state index < -0.39 is 0 Å². The molecule has 3 rings (SSSR count). The third-order valence-corrected chi connectivity index (χ3v) is 4.03. The standard InChI is InChI=1S/C18H20N4O/c1-12-8-9-14(10-13(12)2)22-18(16(11-19)20-21-22)15-6-4-5-7-17(15)23-3/h4-10H,11,19H2,1-3H3. The molecular weight excluding hydrogens is 288 g/mol. The Morgan fingerprint density at radius 2 is 1.87 bits per heavy atom. The van der Waals surface area contributed by atoms with Crippen molar-refractivity contribution in [1.82, 2.24) is 15.0 Å². The van der Waals surface area contributed by atoms with Crippen LogP contribution < -0.4 is 10.5 Å². The summed E-state index contributed by atoms with van der Waals surface area (Å²) in [4.78, 5) is 0. The molecule has 0 saturated carbocycles. The van der Waals surface area contributed by atoms with Crippen molar-refractivity contribution in [2.45, 2.75) is 20.4 Å². The highest BCUT2D eigenvalue weighted by atomic mass is 16.5. The summed E-state index contributed by atoms with van der Waals surface area (Å²) in [5.41, 5.74) is 11.8. The summed E-state index contributed by atoms with van der Waals surface area (Å²) in [6, 6.07) is 14.0. The molecule has 0 bridgehead atoms. The van der Waals surface area contributed by atoms with Crippen LogP contribution in [0.15, 0.2) is 42.5 Å². The minimum atomic E-state index is 0.318. The Labute approximate surface area is 135 Å². The van der Waals surface area contributed by atoms with E-state index >= 15 is 0 Å². The molecule has 0 saturated heterocycles. The Balaban J connectivity index is 2.24. The van der Waals surface area contributed by atoms with Crippen LogP contribution in [-0.4, -0.2) is 22.1 Å². The van der Waals surface area contributed by atoms with Gasteiger partial charge in [0.2, 0.25) is 0 Å². The van der Waals surface area contributed by atoms with Crippen molar-refractivity contribution in [3.63, 3.8) is 0 Å². The molecule has 5 nitrogen and oxygen atoms in total. The van der Waals surface area contributed by atoms with Crippen LogP contribution in [0.2, 0.25) is 0 Å². The lowest BCUT2D eigenvalue weighted by Gasteiger charge is -2.12. The second-order valence-corrected chi connectivity index (χ2v) is 5.47. The topological polar surface area (TPSA) is 66.0 Å². The van der Waals surface area contributed by atoms with Crippen LogP contribution in [-0.2, 0) is 6.54 Å². The lowest BCUT2D eigenvalue weighted by atomic mass is 10.1. The van der Waals surface area contributed by atoms with E-state index in [1.807, 2.05) is 35.0 Å².